The van der Waals surface area contributed by atoms with Crippen LogP contribution in [0.4, 0.5) is 0 Å². The van der Waals surface area contributed by atoms with Crippen LogP contribution >= 0.6 is 11.3 Å². The third kappa shape index (κ3) is 4.29. The molecular weight excluding hydrogens is 366 g/mol. The van der Waals surface area contributed by atoms with E-state index in [4.69, 9.17) is 5.73 Å². The lowest BCUT2D eigenvalue weighted by molar-refractivity contribution is 0.404. The number of benzene rings is 1. The van der Waals surface area contributed by atoms with E-state index in [-0.39, 0.29) is 0 Å². The molecule has 0 aliphatic heterocycles. The molecular formula is C19H23N3O2S2. The summed E-state index contributed by atoms with van der Waals surface area (Å²) in [6, 6.07) is 9.13. The summed E-state index contributed by atoms with van der Waals surface area (Å²) in [4.78, 5) is 4.43. The van der Waals surface area contributed by atoms with Crippen molar-refractivity contribution < 1.29 is 8.42 Å². The third-order valence-corrected chi connectivity index (χ3v) is 7.04. The van der Waals surface area contributed by atoms with Crippen molar-refractivity contribution in [2.75, 3.05) is 19.6 Å². The highest BCUT2D eigenvalue weighted by molar-refractivity contribution is 7.89. The number of nitrogens with zero attached hydrogens (tertiary/aromatic N) is 2. The van der Waals surface area contributed by atoms with Crippen LogP contribution in [0, 0.1) is 0 Å². The number of hydrogen-bond acceptors (Lipinski definition) is 5. The minimum absolute atomic E-state index is 0.343. The van der Waals surface area contributed by atoms with Crippen LogP contribution in [0.1, 0.15) is 18.4 Å². The maximum absolute atomic E-state index is 13.4. The third-order valence-electron chi connectivity index (χ3n) is 4.35. The molecule has 3 rings (SSSR count). The number of unbranched alkanes of at least 4 members (excludes halogenated alkanes) is 1. The van der Waals surface area contributed by atoms with Crippen LogP contribution in [0.15, 0.2) is 58.4 Å². The predicted molar refractivity (Wildman–Crippen MR) is 107 cm³/mol. The Balaban J connectivity index is 1.91. The van der Waals surface area contributed by atoms with Crippen LogP contribution in [0.3, 0.4) is 0 Å². The second-order valence-corrected chi connectivity index (χ2v) is 8.82. The molecule has 2 N–H and O–H groups in total. The minimum Gasteiger partial charge on any atom is -0.330 e. The van der Waals surface area contributed by atoms with Crippen molar-refractivity contribution in [3.05, 3.63) is 59.0 Å². The molecule has 138 valence electrons. The highest BCUT2D eigenvalue weighted by Crippen LogP contribution is 2.25. The molecule has 0 saturated heterocycles. The van der Waals surface area contributed by atoms with Gasteiger partial charge in [-0.05, 0) is 60.3 Å². The van der Waals surface area contributed by atoms with Gasteiger partial charge in [-0.15, -0.1) is 0 Å². The standard InChI is InChI=1S/C19H23N3O2S2/c20-9-1-2-11-22(12-7-16-8-13-25-15-16)26(23,24)19-5-3-4-17-14-21-10-6-18(17)19/h3-6,8,10,13-15H,1-2,7,9,11-12,20H2. The van der Waals surface area contributed by atoms with E-state index in [0.717, 1.165) is 23.8 Å². The van der Waals surface area contributed by atoms with Crippen LogP contribution in [0.25, 0.3) is 10.8 Å². The average Bonchev–Trinajstić information content (AvgIpc) is 3.17. The van der Waals surface area contributed by atoms with Gasteiger partial charge in [-0.2, -0.15) is 15.6 Å². The topological polar surface area (TPSA) is 76.3 Å². The van der Waals surface area contributed by atoms with Gasteiger partial charge in [-0.1, -0.05) is 12.1 Å². The first-order chi connectivity index (χ1) is 12.6. The molecule has 0 aliphatic rings. The van der Waals surface area contributed by atoms with Crippen molar-refractivity contribution in [2.45, 2.75) is 24.2 Å². The van der Waals surface area contributed by atoms with E-state index in [1.54, 1.807) is 46.2 Å². The van der Waals surface area contributed by atoms with Crippen LogP contribution < -0.4 is 5.73 Å². The van der Waals surface area contributed by atoms with Gasteiger partial charge < -0.3 is 5.73 Å². The maximum atomic E-state index is 13.4. The number of hydrogen-bond donors (Lipinski definition) is 1. The molecule has 0 spiro atoms. The van der Waals surface area contributed by atoms with Gasteiger partial charge in [0, 0.05) is 36.3 Å². The van der Waals surface area contributed by atoms with Crippen LogP contribution in [0.5, 0.6) is 0 Å². The quantitative estimate of drug-likeness (QED) is 0.570. The number of sulfonamides is 1. The van der Waals surface area contributed by atoms with Gasteiger partial charge in [0.15, 0.2) is 0 Å². The normalized spacial score (nSPS) is 12.1. The molecule has 0 fully saturated rings. The second-order valence-electron chi connectivity index (χ2n) is 6.13. The molecule has 3 aromatic rings. The largest absolute Gasteiger partial charge is 0.330 e. The molecule has 0 aliphatic carbocycles. The molecule has 0 atom stereocenters. The fourth-order valence-electron chi connectivity index (χ4n) is 2.93. The first-order valence-corrected chi connectivity index (χ1v) is 11.1. The van der Waals surface area contributed by atoms with Gasteiger partial charge in [0.05, 0.1) is 4.90 Å². The Hall–Kier alpha value is -1.80. The monoisotopic (exact) mass is 389 g/mol. The van der Waals surface area contributed by atoms with E-state index in [2.05, 4.69) is 10.4 Å². The second kappa shape index (κ2) is 8.73. The summed E-state index contributed by atoms with van der Waals surface area (Å²) in [6.45, 7) is 1.51. The zero-order chi connectivity index (χ0) is 18.4. The number of fused-ring (bicyclic) bond motifs is 1. The zero-order valence-corrected chi connectivity index (χ0v) is 16.2. The lowest BCUT2D eigenvalue weighted by Crippen LogP contribution is -2.34. The molecule has 7 heteroatoms. The van der Waals surface area contributed by atoms with E-state index >= 15 is 0 Å². The lowest BCUT2D eigenvalue weighted by Gasteiger charge is -2.23. The van der Waals surface area contributed by atoms with Crippen LogP contribution in [-0.2, 0) is 16.4 Å². The highest BCUT2D eigenvalue weighted by atomic mass is 32.2. The number of pyridine rings is 1. The lowest BCUT2D eigenvalue weighted by atomic mass is 10.2. The SMILES string of the molecule is NCCCCN(CCc1ccsc1)S(=O)(=O)c1cccc2cnccc12. The van der Waals surface area contributed by atoms with E-state index < -0.39 is 10.0 Å². The Kier molecular flexibility index (Phi) is 6.37. The molecule has 0 radical (unpaired) electrons. The van der Waals surface area contributed by atoms with Gasteiger partial charge in [-0.3, -0.25) is 4.98 Å². The van der Waals surface area contributed by atoms with Gasteiger partial charge >= 0.3 is 0 Å². The van der Waals surface area contributed by atoms with E-state index in [1.165, 1.54) is 0 Å². The molecule has 0 saturated carbocycles. The average molecular weight is 390 g/mol. The summed E-state index contributed by atoms with van der Waals surface area (Å²) in [5, 5.41) is 5.62. The Labute approximate surface area is 158 Å². The Morgan fingerprint density at radius 2 is 2.00 bits per heavy atom. The fourth-order valence-corrected chi connectivity index (χ4v) is 5.33. The Morgan fingerprint density at radius 3 is 2.77 bits per heavy atom. The molecule has 26 heavy (non-hydrogen) atoms. The van der Waals surface area contributed by atoms with E-state index in [0.29, 0.717) is 36.3 Å². The van der Waals surface area contributed by atoms with Crippen LogP contribution in [0.2, 0.25) is 0 Å². The molecule has 0 amide bonds. The summed E-state index contributed by atoms with van der Waals surface area (Å²) < 4.78 is 28.3. The Morgan fingerprint density at radius 1 is 1.12 bits per heavy atom. The van der Waals surface area contributed by atoms with Crippen molar-refractivity contribution in [3.8, 4) is 0 Å². The van der Waals surface area contributed by atoms with E-state index in [9.17, 15) is 8.42 Å². The number of nitrogens with two attached hydrogens (primary N) is 1. The molecule has 0 unspecified atom stereocenters. The number of aromatic nitrogens is 1. The van der Waals surface area contributed by atoms with E-state index in [1.807, 2.05) is 17.5 Å². The highest BCUT2D eigenvalue weighted by Gasteiger charge is 2.25. The maximum Gasteiger partial charge on any atom is 0.243 e. The minimum atomic E-state index is -3.59. The molecule has 2 aromatic heterocycles. The first kappa shape index (κ1) is 19.0. The number of thiophene rings is 1. The van der Waals surface area contributed by atoms with Crippen molar-refractivity contribution in [1.82, 2.24) is 9.29 Å². The van der Waals surface area contributed by atoms with Crippen molar-refractivity contribution in [3.63, 3.8) is 0 Å². The van der Waals surface area contributed by atoms with Gasteiger partial charge in [0.1, 0.15) is 0 Å². The van der Waals surface area contributed by atoms with Crippen molar-refractivity contribution >= 4 is 32.1 Å². The van der Waals surface area contributed by atoms with Gasteiger partial charge in [-0.25, -0.2) is 8.42 Å². The fraction of sp³-hybridized carbons (Fsp3) is 0.316. The smallest absolute Gasteiger partial charge is 0.243 e. The Bertz CT molecular complexity index is 935. The molecule has 2 heterocycles. The summed E-state index contributed by atoms with van der Waals surface area (Å²) in [5.74, 6) is 0. The molecule has 0 bridgehead atoms. The predicted octanol–water partition coefficient (Wildman–Crippen LogP) is 3.27. The van der Waals surface area contributed by atoms with Gasteiger partial charge in [0.25, 0.3) is 0 Å². The van der Waals surface area contributed by atoms with Crippen LogP contribution in [-0.4, -0.2) is 37.3 Å². The van der Waals surface area contributed by atoms with Gasteiger partial charge in [0.2, 0.25) is 10.0 Å². The first-order valence-electron chi connectivity index (χ1n) is 8.67. The summed E-state index contributed by atoms with van der Waals surface area (Å²) in [6.07, 6.45) is 5.59. The molecule has 5 nitrogen and oxygen atoms in total. The summed E-state index contributed by atoms with van der Waals surface area (Å²) in [5.41, 5.74) is 6.75. The number of rotatable bonds is 9. The van der Waals surface area contributed by atoms with Crippen molar-refractivity contribution in [2.24, 2.45) is 5.73 Å². The summed E-state index contributed by atoms with van der Waals surface area (Å²) in [7, 11) is -3.59. The van der Waals surface area contributed by atoms with Crippen molar-refractivity contribution in [1.29, 1.82) is 0 Å². The zero-order valence-electron chi connectivity index (χ0n) is 14.5. The summed E-state index contributed by atoms with van der Waals surface area (Å²) >= 11 is 1.63. The molecule has 1 aromatic carbocycles.